The summed E-state index contributed by atoms with van der Waals surface area (Å²) in [5.41, 5.74) is 0. The first-order chi connectivity index (χ1) is 3.71. The molecular formula is CH4F3NO4S. The molecule has 0 amide bonds. The number of rotatable bonds is 1. The van der Waals surface area contributed by atoms with Gasteiger partial charge < -0.3 is 6.15 Å². The summed E-state index contributed by atoms with van der Waals surface area (Å²) in [6.07, 6.45) is -5.35. The van der Waals surface area contributed by atoms with E-state index in [9.17, 15) is 21.6 Å². The molecule has 0 aliphatic rings. The molecule has 0 fully saturated rings. The molecule has 0 atom stereocenters. The number of hydrogen-bond acceptors (Lipinski definition) is 4. The third-order valence-electron chi connectivity index (χ3n) is 0.200. The van der Waals surface area contributed by atoms with E-state index in [0.29, 0.717) is 0 Å². The van der Waals surface area contributed by atoms with Crippen LogP contribution < -0.4 is 6.15 Å². The summed E-state index contributed by atoms with van der Waals surface area (Å²) in [5.74, 6) is 0. The normalized spacial score (nSPS) is 12.4. The Morgan fingerprint density at radius 1 is 1.30 bits per heavy atom. The van der Waals surface area contributed by atoms with Crippen LogP contribution in [0, 0.1) is 0 Å². The summed E-state index contributed by atoms with van der Waals surface area (Å²) < 4.78 is 60.4. The van der Waals surface area contributed by atoms with E-state index in [4.69, 9.17) is 4.55 Å². The molecule has 64 valence electrons. The first-order valence-corrected chi connectivity index (χ1v) is 2.82. The van der Waals surface area contributed by atoms with Crippen LogP contribution in [0.15, 0.2) is 0 Å². The highest BCUT2D eigenvalue weighted by molar-refractivity contribution is 7.80. The Balaban J connectivity index is 0. The quantitative estimate of drug-likeness (QED) is 0.576. The maximum atomic E-state index is 10.8. The molecule has 0 heterocycles. The zero-order valence-electron chi connectivity index (χ0n) is 4.42. The standard InChI is InChI=1S/CHF3O4S.H3N/c2-1(3,4)8-9(5,6)7;/h(H,5,6,7);1H3. The fourth-order valence-corrected chi connectivity index (χ4v) is 0.358. The van der Waals surface area contributed by atoms with Gasteiger partial charge >= 0.3 is 16.8 Å². The lowest BCUT2D eigenvalue weighted by atomic mass is 11.4. The predicted octanol–water partition coefficient (Wildman–Crippen LogP) is 0.488. The van der Waals surface area contributed by atoms with E-state index in [1.54, 1.807) is 0 Å². The van der Waals surface area contributed by atoms with E-state index in [-0.39, 0.29) is 6.15 Å². The van der Waals surface area contributed by atoms with Gasteiger partial charge in [0.2, 0.25) is 0 Å². The van der Waals surface area contributed by atoms with E-state index in [2.05, 4.69) is 4.18 Å². The Hall–Kier alpha value is -0.380. The molecular weight excluding hydrogens is 179 g/mol. The molecule has 0 aliphatic carbocycles. The number of alkyl halides is 3. The van der Waals surface area contributed by atoms with Crippen LogP contribution in [0.4, 0.5) is 13.2 Å². The summed E-state index contributed by atoms with van der Waals surface area (Å²) >= 11 is 0. The second kappa shape index (κ2) is 3.14. The van der Waals surface area contributed by atoms with E-state index in [1.165, 1.54) is 0 Å². The molecule has 9 heteroatoms. The lowest BCUT2D eigenvalue weighted by Crippen LogP contribution is -2.18. The molecule has 0 aromatic carbocycles. The van der Waals surface area contributed by atoms with E-state index >= 15 is 0 Å². The maximum Gasteiger partial charge on any atom is 0.538 e. The molecule has 10 heavy (non-hydrogen) atoms. The Morgan fingerprint density at radius 3 is 1.60 bits per heavy atom. The first kappa shape index (κ1) is 12.3. The van der Waals surface area contributed by atoms with Gasteiger partial charge in [-0.05, 0) is 0 Å². The lowest BCUT2D eigenvalue weighted by Gasteiger charge is -2.00. The van der Waals surface area contributed by atoms with Crippen molar-refractivity contribution in [1.82, 2.24) is 6.15 Å². The van der Waals surface area contributed by atoms with Crippen molar-refractivity contribution in [2.45, 2.75) is 6.36 Å². The smallest absolute Gasteiger partial charge is 0.344 e. The molecule has 0 radical (unpaired) electrons. The highest BCUT2D eigenvalue weighted by atomic mass is 32.3. The van der Waals surface area contributed by atoms with Crippen molar-refractivity contribution in [3.05, 3.63) is 0 Å². The van der Waals surface area contributed by atoms with Crippen LogP contribution in [0.25, 0.3) is 0 Å². The van der Waals surface area contributed by atoms with Crippen LogP contribution in [-0.4, -0.2) is 19.3 Å². The maximum absolute atomic E-state index is 10.8. The monoisotopic (exact) mass is 183 g/mol. The zero-order valence-corrected chi connectivity index (χ0v) is 5.24. The summed E-state index contributed by atoms with van der Waals surface area (Å²) in [6.45, 7) is 0. The van der Waals surface area contributed by atoms with Crippen LogP contribution in [0.5, 0.6) is 0 Å². The predicted molar refractivity (Wildman–Crippen MR) is 23.7 cm³/mol. The molecule has 0 aliphatic heterocycles. The zero-order chi connectivity index (χ0) is 7.71. The van der Waals surface area contributed by atoms with Gasteiger partial charge in [0.15, 0.2) is 0 Å². The van der Waals surface area contributed by atoms with Crippen molar-refractivity contribution in [2.75, 3.05) is 0 Å². The third kappa shape index (κ3) is 10.6. The van der Waals surface area contributed by atoms with Crippen molar-refractivity contribution in [2.24, 2.45) is 0 Å². The lowest BCUT2D eigenvalue weighted by molar-refractivity contribution is -0.274. The van der Waals surface area contributed by atoms with Gasteiger partial charge in [-0.3, -0.25) is 4.55 Å². The minimum absolute atomic E-state index is 0. The fraction of sp³-hybridized carbons (Fsp3) is 1.00. The highest BCUT2D eigenvalue weighted by Gasteiger charge is 2.35. The van der Waals surface area contributed by atoms with Gasteiger partial charge in [0.05, 0.1) is 0 Å². The van der Waals surface area contributed by atoms with Crippen LogP contribution in [-0.2, 0) is 14.6 Å². The summed E-state index contributed by atoms with van der Waals surface area (Å²) in [4.78, 5) is 0. The topological polar surface area (TPSA) is 98.6 Å². The summed E-state index contributed by atoms with van der Waals surface area (Å²) in [7, 11) is -5.41. The molecule has 0 saturated heterocycles. The number of halogens is 3. The minimum Gasteiger partial charge on any atom is -0.344 e. The summed E-state index contributed by atoms with van der Waals surface area (Å²) in [6, 6.07) is 0. The number of hydrogen-bond donors (Lipinski definition) is 2. The Kier molecular flexibility index (Phi) is 3.87. The van der Waals surface area contributed by atoms with Gasteiger partial charge in [0, 0.05) is 0 Å². The van der Waals surface area contributed by atoms with Gasteiger partial charge in [-0.1, -0.05) is 0 Å². The molecule has 0 spiro atoms. The van der Waals surface area contributed by atoms with Gasteiger partial charge in [-0.2, -0.15) is 8.42 Å². The van der Waals surface area contributed by atoms with Gasteiger partial charge in [-0.15, -0.1) is 17.4 Å². The average Bonchev–Trinajstić information content (AvgIpc) is 1.14. The molecule has 0 aromatic heterocycles. The van der Waals surface area contributed by atoms with Crippen molar-refractivity contribution in [3.8, 4) is 0 Å². The van der Waals surface area contributed by atoms with Crippen LogP contribution in [0.1, 0.15) is 0 Å². The van der Waals surface area contributed by atoms with E-state index in [0.717, 1.165) is 0 Å². The molecule has 5 nitrogen and oxygen atoms in total. The Bertz CT molecular complexity index is 181. The Labute approximate surface area is 54.3 Å². The van der Waals surface area contributed by atoms with Crippen LogP contribution >= 0.6 is 0 Å². The Morgan fingerprint density at radius 2 is 1.60 bits per heavy atom. The summed E-state index contributed by atoms with van der Waals surface area (Å²) in [5, 5.41) is 0. The minimum atomic E-state index is -5.41. The van der Waals surface area contributed by atoms with Crippen molar-refractivity contribution < 1.29 is 30.3 Å². The van der Waals surface area contributed by atoms with Crippen LogP contribution in [0.3, 0.4) is 0 Å². The first-order valence-electron chi connectivity index (χ1n) is 1.45. The third-order valence-corrected chi connectivity index (χ3v) is 0.599. The second-order valence-corrected chi connectivity index (χ2v) is 1.98. The molecule has 0 unspecified atom stereocenters. The van der Waals surface area contributed by atoms with E-state index in [1.807, 2.05) is 0 Å². The highest BCUT2D eigenvalue weighted by Crippen LogP contribution is 2.17. The second-order valence-electron chi connectivity index (χ2n) is 0.957. The van der Waals surface area contributed by atoms with Gasteiger partial charge in [0.25, 0.3) is 0 Å². The van der Waals surface area contributed by atoms with Gasteiger partial charge in [-0.25, -0.2) is 0 Å². The van der Waals surface area contributed by atoms with Crippen molar-refractivity contribution >= 4 is 10.4 Å². The molecule has 0 rings (SSSR count). The molecule has 0 aromatic rings. The van der Waals surface area contributed by atoms with E-state index < -0.39 is 16.8 Å². The average molecular weight is 183 g/mol. The SMILES string of the molecule is N.O=S(=O)(O)OC(F)(F)F. The molecule has 0 saturated carbocycles. The fourth-order valence-electron chi connectivity index (χ4n) is 0.119. The van der Waals surface area contributed by atoms with Crippen LogP contribution in [0.2, 0.25) is 0 Å². The van der Waals surface area contributed by atoms with Crippen molar-refractivity contribution in [3.63, 3.8) is 0 Å². The van der Waals surface area contributed by atoms with Gasteiger partial charge in [0.1, 0.15) is 0 Å². The largest absolute Gasteiger partial charge is 0.538 e. The molecule has 0 bridgehead atoms. The van der Waals surface area contributed by atoms with Crippen molar-refractivity contribution in [1.29, 1.82) is 0 Å². The molecule has 4 N–H and O–H groups in total.